The lowest BCUT2D eigenvalue weighted by atomic mass is 10.1. The molecule has 0 spiro atoms. The molecule has 7 nitrogen and oxygen atoms in total. The molecule has 8 heteroatoms. The number of likely N-dealkylation sites (tertiary alicyclic amines) is 1. The van der Waals surface area contributed by atoms with Crippen LogP contribution in [0.25, 0.3) is 0 Å². The van der Waals surface area contributed by atoms with Gasteiger partial charge in [0.05, 0.1) is 12.8 Å². The molecular weight excluding hydrogens is 481 g/mol. The standard InChI is InChI=1S/C21H37N5O2.HI/c1-4-10-22-20(27)16-26-12-8-18(9-13-26)25-21(24-15-17(2)3)23-11-7-19-6-5-14-28-19;/h5-6,14,17-18H,4,7-13,15-16H2,1-3H3,(H,22,27)(H2,23,24,25);1H. The van der Waals surface area contributed by atoms with E-state index in [2.05, 4.69) is 41.6 Å². The van der Waals surface area contributed by atoms with Crippen molar-refractivity contribution in [2.75, 3.05) is 39.3 Å². The third-order valence-corrected chi connectivity index (χ3v) is 4.73. The van der Waals surface area contributed by atoms with Crippen molar-refractivity contribution in [3.05, 3.63) is 24.2 Å². The maximum absolute atomic E-state index is 11.9. The second kappa shape index (κ2) is 14.7. The Hall–Kier alpha value is -1.29. The fraction of sp³-hybridized carbons (Fsp3) is 0.714. The molecule has 0 aliphatic carbocycles. The Morgan fingerprint density at radius 2 is 2.03 bits per heavy atom. The number of hydrogen-bond acceptors (Lipinski definition) is 4. The minimum Gasteiger partial charge on any atom is -0.469 e. The van der Waals surface area contributed by atoms with E-state index in [4.69, 9.17) is 9.41 Å². The molecule has 0 saturated carbocycles. The van der Waals surface area contributed by atoms with Crippen LogP contribution in [0, 0.1) is 5.92 Å². The van der Waals surface area contributed by atoms with E-state index < -0.39 is 0 Å². The number of carbonyl (C=O) groups excluding carboxylic acids is 1. The number of nitrogens with zero attached hydrogens (tertiary/aromatic N) is 2. The molecule has 0 bridgehead atoms. The van der Waals surface area contributed by atoms with Crippen molar-refractivity contribution in [1.82, 2.24) is 20.9 Å². The van der Waals surface area contributed by atoms with Crippen LogP contribution in [0.4, 0.5) is 0 Å². The summed E-state index contributed by atoms with van der Waals surface area (Å²) in [4.78, 5) is 18.8. The van der Waals surface area contributed by atoms with Crippen LogP contribution in [-0.4, -0.2) is 62.1 Å². The SMILES string of the molecule is CCCNC(=O)CN1CCC(NC(=NCC(C)C)NCCc2ccco2)CC1.I. The highest BCUT2D eigenvalue weighted by molar-refractivity contribution is 14.0. The second-order valence-corrected chi connectivity index (χ2v) is 7.88. The first-order valence-corrected chi connectivity index (χ1v) is 10.6. The van der Waals surface area contributed by atoms with Gasteiger partial charge in [-0.15, -0.1) is 24.0 Å². The summed E-state index contributed by atoms with van der Waals surface area (Å²) in [5.41, 5.74) is 0. The van der Waals surface area contributed by atoms with Crippen LogP contribution in [0.2, 0.25) is 0 Å². The first kappa shape index (κ1) is 25.7. The molecule has 1 amide bonds. The van der Waals surface area contributed by atoms with Gasteiger partial charge in [-0.25, -0.2) is 0 Å². The van der Waals surface area contributed by atoms with Gasteiger partial charge in [0.25, 0.3) is 0 Å². The number of amides is 1. The van der Waals surface area contributed by atoms with Crippen molar-refractivity contribution >= 4 is 35.8 Å². The van der Waals surface area contributed by atoms with E-state index in [1.807, 2.05) is 12.1 Å². The Morgan fingerprint density at radius 3 is 2.66 bits per heavy atom. The molecule has 2 heterocycles. The number of nitrogens with one attached hydrogen (secondary N) is 3. The summed E-state index contributed by atoms with van der Waals surface area (Å²) in [7, 11) is 0. The maximum Gasteiger partial charge on any atom is 0.234 e. The van der Waals surface area contributed by atoms with Gasteiger partial charge in [0.15, 0.2) is 5.96 Å². The summed E-state index contributed by atoms with van der Waals surface area (Å²) in [6.45, 7) is 11.1. The monoisotopic (exact) mass is 519 g/mol. The number of hydrogen-bond donors (Lipinski definition) is 3. The molecule has 0 aromatic carbocycles. The molecule has 1 aromatic heterocycles. The highest BCUT2D eigenvalue weighted by Gasteiger charge is 2.21. The minimum absolute atomic E-state index is 0. The molecule has 0 unspecified atom stereocenters. The zero-order valence-electron chi connectivity index (χ0n) is 18.1. The second-order valence-electron chi connectivity index (χ2n) is 7.88. The first-order chi connectivity index (χ1) is 13.6. The zero-order chi connectivity index (χ0) is 20.2. The summed E-state index contributed by atoms with van der Waals surface area (Å²) in [6.07, 6.45) is 5.55. The van der Waals surface area contributed by atoms with Crippen LogP contribution in [-0.2, 0) is 11.2 Å². The maximum atomic E-state index is 11.9. The minimum atomic E-state index is 0. The normalized spacial score (nSPS) is 15.8. The quantitative estimate of drug-likeness (QED) is 0.252. The number of furan rings is 1. The van der Waals surface area contributed by atoms with Crippen molar-refractivity contribution in [3.8, 4) is 0 Å². The highest BCUT2D eigenvalue weighted by atomic mass is 127. The molecule has 1 fully saturated rings. The Kier molecular flexibility index (Phi) is 13.0. The van der Waals surface area contributed by atoms with Gasteiger partial charge in [0.1, 0.15) is 5.76 Å². The van der Waals surface area contributed by atoms with E-state index in [0.29, 0.717) is 18.5 Å². The van der Waals surface area contributed by atoms with Gasteiger partial charge in [-0.3, -0.25) is 14.7 Å². The van der Waals surface area contributed by atoms with E-state index in [-0.39, 0.29) is 29.9 Å². The summed E-state index contributed by atoms with van der Waals surface area (Å²) < 4.78 is 5.39. The van der Waals surface area contributed by atoms with E-state index in [9.17, 15) is 4.79 Å². The Morgan fingerprint density at radius 1 is 1.28 bits per heavy atom. The van der Waals surface area contributed by atoms with Gasteiger partial charge in [0, 0.05) is 45.2 Å². The molecule has 2 rings (SSSR count). The topological polar surface area (TPSA) is 81.9 Å². The predicted molar refractivity (Wildman–Crippen MR) is 129 cm³/mol. The van der Waals surface area contributed by atoms with Crippen molar-refractivity contribution < 1.29 is 9.21 Å². The number of carbonyl (C=O) groups is 1. The largest absolute Gasteiger partial charge is 0.469 e. The van der Waals surface area contributed by atoms with Crippen LogP contribution in [0.1, 0.15) is 45.8 Å². The Balaban J connectivity index is 0.00000420. The molecule has 1 aliphatic rings. The van der Waals surface area contributed by atoms with E-state index >= 15 is 0 Å². The van der Waals surface area contributed by atoms with Gasteiger partial charge in [-0.1, -0.05) is 20.8 Å². The third-order valence-electron chi connectivity index (χ3n) is 4.73. The molecule has 166 valence electrons. The molecule has 1 aromatic rings. The van der Waals surface area contributed by atoms with Gasteiger partial charge in [-0.2, -0.15) is 0 Å². The van der Waals surface area contributed by atoms with Crippen LogP contribution < -0.4 is 16.0 Å². The van der Waals surface area contributed by atoms with Crippen LogP contribution >= 0.6 is 24.0 Å². The molecule has 29 heavy (non-hydrogen) atoms. The van der Waals surface area contributed by atoms with Crippen LogP contribution in [0.3, 0.4) is 0 Å². The van der Waals surface area contributed by atoms with E-state index in [0.717, 1.165) is 70.1 Å². The number of guanidine groups is 1. The average Bonchev–Trinajstić information content (AvgIpc) is 3.19. The fourth-order valence-corrected chi connectivity index (χ4v) is 3.14. The van der Waals surface area contributed by atoms with Gasteiger partial charge < -0.3 is 20.4 Å². The molecule has 0 atom stereocenters. The molecule has 1 saturated heterocycles. The molecule has 1 aliphatic heterocycles. The summed E-state index contributed by atoms with van der Waals surface area (Å²) in [5.74, 6) is 2.50. The number of aliphatic imine (C=N–C) groups is 1. The van der Waals surface area contributed by atoms with Crippen LogP contribution in [0.5, 0.6) is 0 Å². The van der Waals surface area contributed by atoms with Crippen molar-refractivity contribution in [3.63, 3.8) is 0 Å². The van der Waals surface area contributed by atoms with Crippen molar-refractivity contribution in [2.45, 2.75) is 52.5 Å². The highest BCUT2D eigenvalue weighted by Crippen LogP contribution is 2.10. The van der Waals surface area contributed by atoms with Gasteiger partial charge in [0.2, 0.25) is 5.91 Å². The van der Waals surface area contributed by atoms with Crippen LogP contribution in [0.15, 0.2) is 27.8 Å². The third kappa shape index (κ3) is 10.9. The lowest BCUT2D eigenvalue weighted by Crippen LogP contribution is -2.50. The van der Waals surface area contributed by atoms with Crippen molar-refractivity contribution in [1.29, 1.82) is 0 Å². The summed E-state index contributed by atoms with van der Waals surface area (Å²) in [5, 5.41) is 9.96. The molecule has 0 radical (unpaired) electrons. The first-order valence-electron chi connectivity index (χ1n) is 10.6. The van der Waals surface area contributed by atoms with E-state index in [1.165, 1.54) is 0 Å². The smallest absolute Gasteiger partial charge is 0.234 e. The van der Waals surface area contributed by atoms with Crippen molar-refractivity contribution in [2.24, 2.45) is 10.9 Å². The van der Waals surface area contributed by atoms with Gasteiger partial charge >= 0.3 is 0 Å². The lowest BCUT2D eigenvalue weighted by Gasteiger charge is -2.32. The number of piperidine rings is 1. The number of halogens is 1. The molecular formula is C21H38IN5O2. The van der Waals surface area contributed by atoms with E-state index in [1.54, 1.807) is 6.26 Å². The summed E-state index contributed by atoms with van der Waals surface area (Å²) >= 11 is 0. The number of rotatable bonds is 10. The Labute approximate surface area is 192 Å². The average molecular weight is 519 g/mol. The molecule has 3 N–H and O–H groups in total. The zero-order valence-corrected chi connectivity index (χ0v) is 20.4. The summed E-state index contributed by atoms with van der Waals surface area (Å²) in [6, 6.07) is 4.29. The predicted octanol–water partition coefficient (Wildman–Crippen LogP) is 2.62. The lowest BCUT2D eigenvalue weighted by molar-refractivity contribution is -0.122. The van der Waals surface area contributed by atoms with Gasteiger partial charge in [-0.05, 0) is 37.3 Å². The fourth-order valence-electron chi connectivity index (χ4n) is 3.14. The Bertz CT molecular complexity index is 584.